The van der Waals surface area contributed by atoms with E-state index < -0.39 is 13.1 Å². The number of ether oxygens (including phenoxy) is 1. The van der Waals surface area contributed by atoms with Gasteiger partial charge < -0.3 is 9.84 Å². The first-order chi connectivity index (χ1) is 10.9. The molecule has 0 aliphatic heterocycles. The molecule has 1 atom stereocenters. The van der Waals surface area contributed by atoms with Crippen molar-refractivity contribution in [1.29, 1.82) is 0 Å². The lowest BCUT2D eigenvalue weighted by atomic mass is 10.0. The molecule has 4 heteroatoms. The summed E-state index contributed by atoms with van der Waals surface area (Å²) in [6.07, 6.45) is 2.50. The lowest BCUT2D eigenvalue weighted by Gasteiger charge is -2.15. The van der Waals surface area contributed by atoms with E-state index in [4.69, 9.17) is 8.85 Å². The highest BCUT2D eigenvalue weighted by atomic mass is 16.5. The van der Waals surface area contributed by atoms with E-state index in [9.17, 15) is 5.11 Å². The molecule has 20 heavy (non-hydrogen) atoms. The minimum Gasteiger partial charge on any atom is -0.489 e. The number of rotatable bonds is 6. The van der Waals surface area contributed by atoms with Crippen molar-refractivity contribution in [3.8, 4) is 5.75 Å². The van der Waals surface area contributed by atoms with Gasteiger partial charge in [-0.1, -0.05) is 37.8 Å². The first-order valence-corrected chi connectivity index (χ1v) is 6.48. The monoisotopic (exact) mass is 275 g/mol. The zero-order valence-corrected chi connectivity index (χ0v) is 11.4. The maximum atomic E-state index is 10.7. The van der Waals surface area contributed by atoms with E-state index >= 15 is 0 Å². The van der Waals surface area contributed by atoms with Gasteiger partial charge in [-0.05, 0) is 12.5 Å². The van der Waals surface area contributed by atoms with Gasteiger partial charge in [0, 0.05) is 28.4 Å². The second-order valence-electron chi connectivity index (χ2n) is 4.37. The number of hydrogen-bond donors (Lipinski definition) is 1. The second kappa shape index (κ2) is 6.39. The second-order valence-corrected chi connectivity index (χ2v) is 4.37. The molecule has 1 heterocycles. The highest BCUT2D eigenvalue weighted by molar-refractivity contribution is 5.41. The number of aliphatic hydroxyl groups excluding tert-OH is 1. The van der Waals surface area contributed by atoms with Crippen LogP contribution in [0.5, 0.6) is 5.75 Å². The summed E-state index contributed by atoms with van der Waals surface area (Å²) >= 11 is 0. The van der Waals surface area contributed by atoms with Crippen LogP contribution in [0.3, 0.4) is 0 Å². The zero-order chi connectivity index (χ0) is 17.0. The fourth-order valence-electron chi connectivity index (χ4n) is 2.08. The van der Waals surface area contributed by atoms with Crippen molar-refractivity contribution < 1.29 is 14.0 Å². The molecule has 1 N–H and O–H groups in total. The maximum absolute atomic E-state index is 10.7. The molecular formula is C16H20N2O2. The molecule has 2 rings (SSSR count). The van der Waals surface area contributed by atoms with Crippen molar-refractivity contribution in [2.24, 2.45) is 6.98 Å². The van der Waals surface area contributed by atoms with E-state index in [0.717, 1.165) is 4.68 Å². The van der Waals surface area contributed by atoms with Crippen molar-refractivity contribution in [3.63, 3.8) is 0 Å². The van der Waals surface area contributed by atoms with Crippen LogP contribution >= 0.6 is 0 Å². The predicted octanol–water partition coefficient (Wildman–Crippen LogP) is 2.63. The number of para-hydroxylation sites is 1. The summed E-state index contributed by atoms with van der Waals surface area (Å²) in [4.78, 5) is 0. The number of nitrogens with zero attached hydrogens (tertiary/aromatic N) is 2. The van der Waals surface area contributed by atoms with Gasteiger partial charge in [0.15, 0.2) is 0 Å². The quantitative estimate of drug-likeness (QED) is 0.824. The van der Waals surface area contributed by atoms with Crippen LogP contribution in [-0.2, 0) is 13.4 Å². The van der Waals surface area contributed by atoms with Gasteiger partial charge in [0.25, 0.3) is 0 Å². The average molecular weight is 275 g/mol. The third kappa shape index (κ3) is 2.91. The maximum Gasteiger partial charge on any atom is 0.125 e. The Morgan fingerprint density at radius 3 is 3.00 bits per heavy atom. The van der Waals surface area contributed by atoms with E-state index in [1.807, 2.05) is 6.92 Å². The van der Waals surface area contributed by atoms with Crippen LogP contribution in [0.15, 0.2) is 43.1 Å². The Balaban J connectivity index is 2.42. The lowest BCUT2D eigenvalue weighted by Crippen LogP contribution is -2.05. The molecule has 0 fully saturated rings. The Hall–Kier alpha value is -2.07. The topological polar surface area (TPSA) is 47.3 Å². The van der Waals surface area contributed by atoms with E-state index in [1.165, 1.54) is 6.20 Å². The van der Waals surface area contributed by atoms with Gasteiger partial charge in [-0.15, -0.1) is 0 Å². The highest BCUT2D eigenvalue weighted by Gasteiger charge is 2.20. The molecule has 0 radical (unpaired) electrons. The normalized spacial score (nSPS) is 15.0. The molecule has 106 valence electrons. The number of benzene rings is 1. The number of aromatic nitrogens is 2. The molecule has 0 spiro atoms. The van der Waals surface area contributed by atoms with Gasteiger partial charge in [-0.3, -0.25) is 4.68 Å². The van der Waals surface area contributed by atoms with Gasteiger partial charge in [0.2, 0.25) is 0 Å². The van der Waals surface area contributed by atoms with Crippen LogP contribution in [0, 0.1) is 0 Å². The smallest absolute Gasteiger partial charge is 0.125 e. The molecule has 0 saturated carbocycles. The minimum atomic E-state index is -2.37. The SMILES string of the molecule is [2H]C([2H])([2H])n1cc(C(O)c2ccccc2OCC=C)c(CC)n1. The Bertz CT molecular complexity index is 680. The molecule has 0 aliphatic carbocycles. The van der Waals surface area contributed by atoms with Crippen LogP contribution in [-0.4, -0.2) is 21.5 Å². The minimum absolute atomic E-state index is 0.318. The van der Waals surface area contributed by atoms with E-state index in [0.29, 0.717) is 35.6 Å². The fourth-order valence-corrected chi connectivity index (χ4v) is 2.08. The Kier molecular flexibility index (Phi) is 3.41. The van der Waals surface area contributed by atoms with E-state index in [2.05, 4.69) is 11.7 Å². The summed E-state index contributed by atoms with van der Waals surface area (Å²) < 4.78 is 28.8. The van der Waals surface area contributed by atoms with Crippen LogP contribution < -0.4 is 4.74 Å². The summed E-state index contributed by atoms with van der Waals surface area (Å²) in [5.41, 5.74) is 1.58. The van der Waals surface area contributed by atoms with Gasteiger partial charge in [-0.25, -0.2) is 0 Å². The predicted molar refractivity (Wildman–Crippen MR) is 78.8 cm³/mol. The Labute approximate surface area is 123 Å². The molecule has 0 aliphatic rings. The third-order valence-electron chi connectivity index (χ3n) is 3.02. The van der Waals surface area contributed by atoms with Crippen molar-refractivity contribution >= 4 is 0 Å². The zero-order valence-electron chi connectivity index (χ0n) is 14.4. The molecule has 0 saturated heterocycles. The third-order valence-corrected chi connectivity index (χ3v) is 3.02. The Morgan fingerprint density at radius 2 is 2.30 bits per heavy atom. The molecule has 0 bridgehead atoms. The lowest BCUT2D eigenvalue weighted by molar-refractivity contribution is 0.212. The van der Waals surface area contributed by atoms with Gasteiger partial charge >= 0.3 is 0 Å². The van der Waals surface area contributed by atoms with Crippen LogP contribution in [0.4, 0.5) is 0 Å². The molecule has 0 amide bonds. The standard InChI is InChI=1S/C16H20N2O2/c1-4-10-20-15-9-7-6-8-12(15)16(19)13-11-18(3)17-14(13)5-2/h4,6-9,11,16,19H,1,5,10H2,2-3H3/i3D3. The first kappa shape index (κ1) is 10.7. The fraction of sp³-hybridized carbons (Fsp3) is 0.312. The highest BCUT2D eigenvalue weighted by Crippen LogP contribution is 2.31. The van der Waals surface area contributed by atoms with Gasteiger partial charge in [-0.2, -0.15) is 5.10 Å². The molecule has 1 unspecified atom stereocenters. The molecule has 4 nitrogen and oxygen atoms in total. The van der Waals surface area contributed by atoms with E-state index in [-0.39, 0.29) is 0 Å². The summed E-state index contributed by atoms with van der Waals surface area (Å²) in [5, 5.41) is 14.8. The summed E-state index contributed by atoms with van der Waals surface area (Å²) in [6, 6.07) is 7.09. The first-order valence-electron chi connectivity index (χ1n) is 7.98. The van der Waals surface area contributed by atoms with Crippen molar-refractivity contribution in [2.75, 3.05) is 6.61 Å². The van der Waals surface area contributed by atoms with Crippen LogP contribution in [0.2, 0.25) is 0 Å². The Morgan fingerprint density at radius 1 is 1.50 bits per heavy atom. The van der Waals surface area contributed by atoms with Crippen molar-refractivity contribution in [3.05, 3.63) is 59.9 Å². The van der Waals surface area contributed by atoms with Crippen LogP contribution in [0.25, 0.3) is 0 Å². The van der Waals surface area contributed by atoms with Gasteiger partial charge in [0.1, 0.15) is 18.5 Å². The van der Waals surface area contributed by atoms with E-state index in [1.54, 1.807) is 30.3 Å². The van der Waals surface area contributed by atoms with Crippen molar-refractivity contribution in [2.45, 2.75) is 19.4 Å². The summed E-state index contributed by atoms with van der Waals surface area (Å²) in [6.45, 7) is 3.41. The summed E-state index contributed by atoms with van der Waals surface area (Å²) in [5.74, 6) is 0.531. The van der Waals surface area contributed by atoms with Crippen molar-refractivity contribution in [1.82, 2.24) is 9.78 Å². The number of aryl methyl sites for hydroxylation is 2. The summed E-state index contributed by atoms with van der Waals surface area (Å²) in [7, 11) is 0. The largest absolute Gasteiger partial charge is 0.489 e. The molecule has 2 aromatic rings. The number of hydrogen-bond acceptors (Lipinski definition) is 3. The molecule has 1 aromatic carbocycles. The average Bonchev–Trinajstić information content (AvgIpc) is 2.97. The van der Waals surface area contributed by atoms with Crippen LogP contribution in [0.1, 0.15) is 34.0 Å². The molecule has 1 aromatic heterocycles. The number of aliphatic hydroxyl groups is 1. The van der Waals surface area contributed by atoms with Gasteiger partial charge in [0.05, 0.1) is 5.69 Å². The molecular weight excluding hydrogens is 252 g/mol.